The van der Waals surface area contributed by atoms with Gasteiger partial charge >= 0.3 is 0 Å². The molecule has 3 heterocycles. The summed E-state index contributed by atoms with van der Waals surface area (Å²) >= 11 is 9.39. The van der Waals surface area contributed by atoms with E-state index < -0.39 is 0 Å². The summed E-state index contributed by atoms with van der Waals surface area (Å²) in [6, 6.07) is 4.90. The molecule has 21 heavy (non-hydrogen) atoms. The Morgan fingerprint density at radius 3 is 2.90 bits per heavy atom. The second kappa shape index (κ2) is 5.73. The Morgan fingerprint density at radius 1 is 1.38 bits per heavy atom. The molecule has 108 valence electrons. The highest BCUT2D eigenvalue weighted by Gasteiger charge is 2.15. The average molecular weight is 369 g/mol. The SMILES string of the molecule is CCCc1c(-c2cnc(Br)c(Cl)c2)nc2ccc(F)cn12. The van der Waals surface area contributed by atoms with Crippen LogP contribution in [0, 0.1) is 5.82 Å². The number of aryl methyl sites for hydroxylation is 1. The van der Waals surface area contributed by atoms with Crippen LogP contribution in [-0.4, -0.2) is 14.4 Å². The fraction of sp³-hybridized carbons (Fsp3) is 0.200. The Labute approximate surface area is 134 Å². The standard InChI is InChI=1S/C15H12BrClFN3/c1-2-3-12-14(9-6-11(17)15(16)19-7-9)20-13-5-4-10(18)8-21(12)13/h4-8H,2-3H2,1H3. The topological polar surface area (TPSA) is 30.2 Å². The molecular formula is C15H12BrClFN3. The smallest absolute Gasteiger partial charge is 0.139 e. The molecule has 0 saturated heterocycles. The first-order valence-electron chi connectivity index (χ1n) is 6.58. The summed E-state index contributed by atoms with van der Waals surface area (Å²) < 4.78 is 15.9. The van der Waals surface area contributed by atoms with Crippen molar-refractivity contribution in [3.63, 3.8) is 0 Å². The van der Waals surface area contributed by atoms with Crippen molar-refractivity contribution in [3.05, 3.63) is 51.7 Å². The Morgan fingerprint density at radius 2 is 2.19 bits per heavy atom. The maximum atomic E-state index is 13.5. The molecule has 0 saturated carbocycles. The number of hydrogen-bond acceptors (Lipinski definition) is 2. The molecule has 0 amide bonds. The molecule has 3 rings (SSSR count). The Bertz CT molecular complexity index is 816. The van der Waals surface area contributed by atoms with Gasteiger partial charge in [0.15, 0.2) is 0 Å². The quantitative estimate of drug-likeness (QED) is 0.615. The lowest BCUT2D eigenvalue weighted by atomic mass is 10.1. The number of aromatic nitrogens is 3. The van der Waals surface area contributed by atoms with Gasteiger partial charge in [-0.2, -0.15) is 0 Å². The Kier molecular flexibility index (Phi) is 3.95. The highest BCUT2D eigenvalue weighted by atomic mass is 79.9. The van der Waals surface area contributed by atoms with E-state index in [1.54, 1.807) is 16.7 Å². The van der Waals surface area contributed by atoms with Crippen LogP contribution in [0.3, 0.4) is 0 Å². The highest BCUT2D eigenvalue weighted by molar-refractivity contribution is 9.10. The van der Waals surface area contributed by atoms with Crippen molar-refractivity contribution in [1.29, 1.82) is 0 Å². The number of nitrogens with zero attached hydrogens (tertiary/aromatic N) is 3. The van der Waals surface area contributed by atoms with E-state index >= 15 is 0 Å². The third-order valence-corrected chi connectivity index (χ3v) is 4.39. The molecule has 0 spiro atoms. The van der Waals surface area contributed by atoms with Crippen molar-refractivity contribution in [1.82, 2.24) is 14.4 Å². The van der Waals surface area contributed by atoms with E-state index in [0.29, 0.717) is 15.3 Å². The van der Waals surface area contributed by atoms with E-state index in [4.69, 9.17) is 11.6 Å². The number of pyridine rings is 2. The monoisotopic (exact) mass is 367 g/mol. The average Bonchev–Trinajstić information content (AvgIpc) is 2.81. The van der Waals surface area contributed by atoms with Crippen molar-refractivity contribution in [2.75, 3.05) is 0 Å². The van der Waals surface area contributed by atoms with Gasteiger partial charge in [0, 0.05) is 18.0 Å². The van der Waals surface area contributed by atoms with Crippen molar-refractivity contribution in [2.24, 2.45) is 0 Å². The molecule has 0 N–H and O–H groups in total. The fourth-order valence-corrected chi connectivity index (χ4v) is 2.71. The van der Waals surface area contributed by atoms with Gasteiger partial charge in [0.25, 0.3) is 0 Å². The van der Waals surface area contributed by atoms with Crippen LogP contribution >= 0.6 is 27.5 Å². The van der Waals surface area contributed by atoms with E-state index in [-0.39, 0.29) is 5.82 Å². The van der Waals surface area contributed by atoms with E-state index in [9.17, 15) is 4.39 Å². The molecule has 0 unspecified atom stereocenters. The lowest BCUT2D eigenvalue weighted by Gasteiger charge is -2.04. The molecule has 0 aliphatic rings. The van der Waals surface area contributed by atoms with E-state index in [2.05, 4.69) is 32.8 Å². The number of imidazole rings is 1. The lowest BCUT2D eigenvalue weighted by molar-refractivity contribution is 0.617. The van der Waals surface area contributed by atoms with E-state index in [0.717, 1.165) is 29.8 Å². The van der Waals surface area contributed by atoms with Crippen molar-refractivity contribution in [3.8, 4) is 11.3 Å². The van der Waals surface area contributed by atoms with E-state index in [1.165, 1.54) is 12.3 Å². The van der Waals surface area contributed by atoms with Crippen LogP contribution in [0.2, 0.25) is 5.02 Å². The molecule has 3 nitrogen and oxygen atoms in total. The van der Waals surface area contributed by atoms with Gasteiger partial charge in [-0.15, -0.1) is 0 Å². The minimum Gasteiger partial charge on any atom is -0.300 e. The summed E-state index contributed by atoms with van der Waals surface area (Å²) in [5.74, 6) is -0.282. The van der Waals surface area contributed by atoms with Crippen LogP contribution in [0.15, 0.2) is 35.2 Å². The predicted octanol–water partition coefficient (Wildman–Crippen LogP) is 4.90. The molecular weight excluding hydrogens is 357 g/mol. The van der Waals surface area contributed by atoms with Crippen LogP contribution in [0.5, 0.6) is 0 Å². The van der Waals surface area contributed by atoms with Gasteiger partial charge in [-0.05, 0) is 40.5 Å². The molecule has 0 fully saturated rings. The molecule has 6 heteroatoms. The molecule has 0 aliphatic carbocycles. The Balaban J connectivity index is 2.25. The zero-order valence-corrected chi connectivity index (χ0v) is 13.6. The first kappa shape index (κ1) is 14.5. The summed E-state index contributed by atoms with van der Waals surface area (Å²) in [7, 11) is 0. The molecule has 0 radical (unpaired) electrons. The van der Waals surface area contributed by atoms with Gasteiger partial charge in [-0.3, -0.25) is 0 Å². The third-order valence-electron chi connectivity index (χ3n) is 3.24. The second-order valence-corrected chi connectivity index (χ2v) is 5.89. The first-order chi connectivity index (χ1) is 10.1. The normalized spacial score (nSPS) is 11.2. The minimum atomic E-state index is -0.282. The zero-order chi connectivity index (χ0) is 15.0. The first-order valence-corrected chi connectivity index (χ1v) is 7.75. The fourth-order valence-electron chi connectivity index (χ4n) is 2.32. The molecule has 0 bridgehead atoms. The number of rotatable bonds is 3. The molecule has 0 atom stereocenters. The zero-order valence-electron chi connectivity index (χ0n) is 11.3. The van der Waals surface area contributed by atoms with Crippen molar-refractivity contribution >= 4 is 33.2 Å². The van der Waals surface area contributed by atoms with Crippen LogP contribution in [0.25, 0.3) is 16.9 Å². The Hall–Kier alpha value is -1.46. The third kappa shape index (κ3) is 2.68. The van der Waals surface area contributed by atoms with E-state index in [1.807, 2.05) is 6.07 Å². The van der Waals surface area contributed by atoms with Crippen LogP contribution in [-0.2, 0) is 6.42 Å². The van der Waals surface area contributed by atoms with Crippen molar-refractivity contribution in [2.45, 2.75) is 19.8 Å². The van der Waals surface area contributed by atoms with Gasteiger partial charge in [-0.1, -0.05) is 24.9 Å². The summed E-state index contributed by atoms with van der Waals surface area (Å²) in [6.45, 7) is 2.08. The maximum absolute atomic E-state index is 13.5. The molecule has 3 aromatic heterocycles. The van der Waals surface area contributed by atoms with Crippen LogP contribution < -0.4 is 0 Å². The van der Waals surface area contributed by atoms with Gasteiger partial charge < -0.3 is 4.40 Å². The molecule has 0 aromatic carbocycles. The number of halogens is 3. The van der Waals surface area contributed by atoms with Gasteiger partial charge in [-0.25, -0.2) is 14.4 Å². The predicted molar refractivity (Wildman–Crippen MR) is 85.1 cm³/mol. The summed E-state index contributed by atoms with van der Waals surface area (Å²) in [5.41, 5.74) is 3.31. The summed E-state index contributed by atoms with van der Waals surface area (Å²) in [4.78, 5) is 8.80. The minimum absolute atomic E-state index is 0.282. The van der Waals surface area contributed by atoms with Gasteiger partial charge in [0.1, 0.15) is 16.1 Å². The summed E-state index contributed by atoms with van der Waals surface area (Å²) in [5, 5.41) is 0.526. The number of hydrogen-bond donors (Lipinski definition) is 0. The van der Waals surface area contributed by atoms with Crippen molar-refractivity contribution < 1.29 is 4.39 Å². The highest BCUT2D eigenvalue weighted by Crippen LogP contribution is 2.29. The second-order valence-electron chi connectivity index (χ2n) is 4.73. The maximum Gasteiger partial charge on any atom is 0.139 e. The summed E-state index contributed by atoms with van der Waals surface area (Å²) in [6.07, 6.45) is 4.92. The number of fused-ring (bicyclic) bond motifs is 1. The van der Waals surface area contributed by atoms with Crippen LogP contribution in [0.4, 0.5) is 4.39 Å². The van der Waals surface area contributed by atoms with Gasteiger partial charge in [0.05, 0.1) is 16.4 Å². The largest absolute Gasteiger partial charge is 0.300 e. The lowest BCUT2D eigenvalue weighted by Crippen LogP contribution is -1.95. The van der Waals surface area contributed by atoms with Gasteiger partial charge in [0.2, 0.25) is 0 Å². The molecule has 3 aromatic rings. The van der Waals surface area contributed by atoms with Crippen LogP contribution in [0.1, 0.15) is 19.0 Å². The molecule has 0 aliphatic heterocycles.